The standard InChI is InChI=1S/C21H22N4O4S2/c1-15-14-16(30-21-22-10-5-11-23-21)6-7-17(15)24-20(26)18-8-9-19(29-18)31(27,28)25-12-3-2-4-13-25/h5-11,14H,2-4,12-13H2,1H3,(H,24,26). The number of anilines is 1. The molecular formula is C21H22N4O4S2. The Hall–Kier alpha value is -2.69. The number of aromatic nitrogens is 2. The van der Waals surface area contributed by atoms with Crippen LogP contribution in [0.5, 0.6) is 0 Å². The van der Waals surface area contributed by atoms with E-state index in [1.165, 1.54) is 28.2 Å². The van der Waals surface area contributed by atoms with Crippen LogP contribution in [0.4, 0.5) is 5.69 Å². The van der Waals surface area contributed by atoms with Crippen LogP contribution in [0.15, 0.2) is 68.4 Å². The molecule has 0 saturated carbocycles. The Kier molecular flexibility index (Phi) is 6.40. The molecule has 1 fully saturated rings. The largest absolute Gasteiger partial charge is 0.438 e. The first-order chi connectivity index (χ1) is 14.9. The van der Waals surface area contributed by atoms with Gasteiger partial charge in [0.25, 0.3) is 15.9 Å². The van der Waals surface area contributed by atoms with Gasteiger partial charge >= 0.3 is 0 Å². The van der Waals surface area contributed by atoms with E-state index < -0.39 is 15.9 Å². The molecule has 2 aromatic heterocycles. The molecule has 1 aliphatic heterocycles. The van der Waals surface area contributed by atoms with E-state index in [9.17, 15) is 13.2 Å². The van der Waals surface area contributed by atoms with Gasteiger partial charge in [-0.25, -0.2) is 18.4 Å². The van der Waals surface area contributed by atoms with Gasteiger partial charge in [-0.15, -0.1) is 0 Å². The first kappa shape index (κ1) is 21.5. The van der Waals surface area contributed by atoms with E-state index in [2.05, 4.69) is 15.3 Å². The molecule has 162 valence electrons. The van der Waals surface area contributed by atoms with E-state index in [0.717, 1.165) is 29.7 Å². The number of benzene rings is 1. The highest BCUT2D eigenvalue weighted by Crippen LogP contribution is 2.28. The van der Waals surface area contributed by atoms with Gasteiger partial charge in [-0.05, 0) is 73.5 Å². The number of hydrogen-bond donors (Lipinski definition) is 1. The third-order valence-electron chi connectivity index (χ3n) is 4.91. The van der Waals surface area contributed by atoms with Crippen LogP contribution in [0.2, 0.25) is 0 Å². The minimum atomic E-state index is -3.72. The van der Waals surface area contributed by atoms with Gasteiger partial charge in [0, 0.05) is 36.1 Å². The molecule has 1 saturated heterocycles. The van der Waals surface area contributed by atoms with Gasteiger partial charge in [-0.3, -0.25) is 4.79 Å². The van der Waals surface area contributed by atoms with Crippen LogP contribution < -0.4 is 5.32 Å². The minimum absolute atomic E-state index is 0.0499. The monoisotopic (exact) mass is 458 g/mol. The number of piperidine rings is 1. The molecule has 3 aromatic rings. The van der Waals surface area contributed by atoms with Crippen LogP contribution in [0.25, 0.3) is 0 Å². The predicted molar refractivity (Wildman–Crippen MR) is 117 cm³/mol. The summed E-state index contributed by atoms with van der Waals surface area (Å²) in [6.45, 7) is 2.82. The number of aryl methyl sites for hydroxylation is 1. The summed E-state index contributed by atoms with van der Waals surface area (Å²) >= 11 is 1.42. The van der Waals surface area contributed by atoms with E-state index in [1.54, 1.807) is 24.5 Å². The lowest BCUT2D eigenvalue weighted by Crippen LogP contribution is -2.35. The zero-order valence-electron chi connectivity index (χ0n) is 16.9. The van der Waals surface area contributed by atoms with Gasteiger partial charge in [0.1, 0.15) is 0 Å². The molecule has 1 aliphatic rings. The van der Waals surface area contributed by atoms with Gasteiger partial charge in [-0.1, -0.05) is 6.42 Å². The normalized spacial score (nSPS) is 15.0. The molecule has 1 aromatic carbocycles. The molecule has 1 N–H and O–H groups in total. The topological polar surface area (TPSA) is 105 Å². The third kappa shape index (κ3) is 4.97. The summed E-state index contributed by atoms with van der Waals surface area (Å²) in [6, 6.07) is 10.0. The Morgan fingerprint density at radius 3 is 2.55 bits per heavy atom. The van der Waals surface area contributed by atoms with Gasteiger partial charge in [0.15, 0.2) is 10.9 Å². The number of rotatable bonds is 6. The van der Waals surface area contributed by atoms with Crippen molar-refractivity contribution in [3.63, 3.8) is 0 Å². The van der Waals surface area contributed by atoms with Crippen LogP contribution in [-0.2, 0) is 10.0 Å². The van der Waals surface area contributed by atoms with Crippen molar-refractivity contribution >= 4 is 33.4 Å². The summed E-state index contributed by atoms with van der Waals surface area (Å²) in [6.07, 6.45) is 6.04. The van der Waals surface area contributed by atoms with Crippen molar-refractivity contribution < 1.29 is 17.6 Å². The van der Waals surface area contributed by atoms with Crippen LogP contribution in [0.3, 0.4) is 0 Å². The molecule has 10 heteroatoms. The van der Waals surface area contributed by atoms with Crippen LogP contribution in [0, 0.1) is 6.92 Å². The molecule has 8 nitrogen and oxygen atoms in total. The number of carbonyl (C=O) groups excluding carboxylic acids is 1. The van der Waals surface area contributed by atoms with Crippen LogP contribution in [0.1, 0.15) is 35.4 Å². The van der Waals surface area contributed by atoms with Gasteiger partial charge in [-0.2, -0.15) is 4.31 Å². The summed E-state index contributed by atoms with van der Waals surface area (Å²) in [7, 11) is -3.72. The van der Waals surface area contributed by atoms with E-state index in [4.69, 9.17) is 4.42 Å². The average molecular weight is 459 g/mol. The highest BCUT2D eigenvalue weighted by Gasteiger charge is 2.29. The number of carbonyl (C=O) groups is 1. The van der Waals surface area contributed by atoms with Gasteiger partial charge in [0.05, 0.1) is 0 Å². The highest BCUT2D eigenvalue weighted by atomic mass is 32.2. The Balaban J connectivity index is 1.45. The SMILES string of the molecule is Cc1cc(Sc2ncccn2)ccc1NC(=O)c1ccc(S(=O)(=O)N2CCCCC2)o1. The Labute approximate surface area is 185 Å². The number of nitrogens with zero attached hydrogens (tertiary/aromatic N) is 3. The van der Waals surface area contributed by atoms with E-state index in [1.807, 2.05) is 19.1 Å². The molecule has 0 atom stereocenters. The minimum Gasteiger partial charge on any atom is -0.438 e. The van der Waals surface area contributed by atoms with Crippen molar-refractivity contribution in [1.82, 2.24) is 14.3 Å². The Morgan fingerprint density at radius 1 is 1.10 bits per heavy atom. The molecule has 4 rings (SSSR count). The number of hydrogen-bond acceptors (Lipinski definition) is 7. The number of furan rings is 1. The quantitative estimate of drug-likeness (QED) is 0.558. The summed E-state index contributed by atoms with van der Waals surface area (Å²) in [5.74, 6) is -0.555. The number of sulfonamides is 1. The maximum absolute atomic E-state index is 12.7. The van der Waals surface area contributed by atoms with Crippen LogP contribution in [-0.4, -0.2) is 41.7 Å². The molecular weight excluding hydrogens is 436 g/mol. The van der Waals surface area contributed by atoms with E-state index >= 15 is 0 Å². The fraction of sp³-hybridized carbons (Fsp3) is 0.286. The first-order valence-corrected chi connectivity index (χ1v) is 12.2. The first-order valence-electron chi connectivity index (χ1n) is 9.90. The summed E-state index contributed by atoms with van der Waals surface area (Å²) in [4.78, 5) is 21.9. The summed E-state index contributed by atoms with van der Waals surface area (Å²) in [5.41, 5.74) is 1.46. The lowest BCUT2D eigenvalue weighted by atomic mass is 10.2. The van der Waals surface area contributed by atoms with Gasteiger partial charge < -0.3 is 9.73 Å². The Bertz CT molecular complexity index is 1170. The van der Waals surface area contributed by atoms with Crippen molar-refractivity contribution in [3.8, 4) is 0 Å². The molecule has 0 bridgehead atoms. The third-order valence-corrected chi connectivity index (χ3v) is 7.57. The molecule has 1 amide bonds. The predicted octanol–water partition coefficient (Wildman–Crippen LogP) is 3.96. The number of nitrogens with one attached hydrogen (secondary N) is 1. The molecule has 0 aliphatic carbocycles. The number of amides is 1. The van der Waals surface area contributed by atoms with E-state index in [-0.39, 0.29) is 10.9 Å². The smallest absolute Gasteiger partial charge is 0.291 e. The fourth-order valence-electron chi connectivity index (χ4n) is 3.28. The highest BCUT2D eigenvalue weighted by molar-refractivity contribution is 7.99. The summed E-state index contributed by atoms with van der Waals surface area (Å²) in [5, 5.41) is 3.21. The van der Waals surface area contributed by atoms with Crippen molar-refractivity contribution in [3.05, 3.63) is 60.1 Å². The lowest BCUT2D eigenvalue weighted by molar-refractivity contribution is 0.0991. The zero-order valence-corrected chi connectivity index (χ0v) is 18.6. The molecule has 0 unspecified atom stereocenters. The van der Waals surface area contributed by atoms with Crippen molar-refractivity contribution in [2.75, 3.05) is 18.4 Å². The molecule has 3 heterocycles. The fourth-order valence-corrected chi connectivity index (χ4v) is 5.52. The maximum atomic E-state index is 12.7. The molecule has 0 spiro atoms. The van der Waals surface area contributed by atoms with Crippen molar-refractivity contribution in [2.45, 2.75) is 41.3 Å². The average Bonchev–Trinajstić information content (AvgIpc) is 3.28. The maximum Gasteiger partial charge on any atom is 0.291 e. The summed E-state index contributed by atoms with van der Waals surface area (Å²) < 4.78 is 32.2. The van der Waals surface area contributed by atoms with Gasteiger partial charge in [0.2, 0.25) is 5.09 Å². The van der Waals surface area contributed by atoms with Crippen molar-refractivity contribution in [2.24, 2.45) is 0 Å². The second-order valence-corrected chi connectivity index (χ2v) is 10.1. The molecule has 31 heavy (non-hydrogen) atoms. The second-order valence-electron chi connectivity index (χ2n) is 7.15. The zero-order chi connectivity index (χ0) is 21.8. The molecule has 0 radical (unpaired) electrons. The van der Waals surface area contributed by atoms with Crippen molar-refractivity contribution in [1.29, 1.82) is 0 Å². The second kappa shape index (κ2) is 9.21. The van der Waals surface area contributed by atoms with Crippen LogP contribution >= 0.6 is 11.8 Å². The van der Waals surface area contributed by atoms with E-state index in [0.29, 0.717) is 23.9 Å². The lowest BCUT2D eigenvalue weighted by Gasteiger charge is -2.24. The Morgan fingerprint density at radius 2 is 1.84 bits per heavy atom.